The molecule has 1 aliphatic heterocycles. The maximum absolute atomic E-state index is 6.07. The lowest BCUT2D eigenvalue weighted by molar-refractivity contribution is 0.0790. The summed E-state index contributed by atoms with van der Waals surface area (Å²) in [6.07, 6.45) is 11.6. The van der Waals surface area contributed by atoms with Gasteiger partial charge in [0, 0.05) is 17.3 Å². The van der Waals surface area contributed by atoms with Crippen molar-refractivity contribution in [3.8, 4) is 0 Å². The van der Waals surface area contributed by atoms with Crippen LogP contribution in [0.25, 0.3) is 0 Å². The minimum Gasteiger partial charge on any atom is -0.329 e. The lowest BCUT2D eigenvalue weighted by Gasteiger charge is -2.44. The van der Waals surface area contributed by atoms with Crippen molar-refractivity contribution in [1.29, 1.82) is 0 Å². The molecule has 0 amide bonds. The van der Waals surface area contributed by atoms with Gasteiger partial charge in [0.15, 0.2) is 0 Å². The lowest BCUT2D eigenvalue weighted by Crippen LogP contribution is -2.54. The minimum atomic E-state index is 0.247. The number of rotatable bonds is 8. The Kier molecular flexibility index (Phi) is 7.66. The van der Waals surface area contributed by atoms with E-state index in [2.05, 4.69) is 25.0 Å². The van der Waals surface area contributed by atoms with E-state index in [1.54, 1.807) is 0 Å². The molecule has 0 aromatic rings. The highest BCUT2D eigenvalue weighted by molar-refractivity contribution is 7.99. The van der Waals surface area contributed by atoms with E-state index in [9.17, 15) is 0 Å². The fourth-order valence-corrected chi connectivity index (χ4v) is 3.64. The minimum absolute atomic E-state index is 0.247. The molecule has 0 aliphatic carbocycles. The molecule has 1 heterocycles. The van der Waals surface area contributed by atoms with Crippen LogP contribution in [-0.2, 0) is 0 Å². The van der Waals surface area contributed by atoms with Crippen molar-refractivity contribution in [3.05, 3.63) is 0 Å². The van der Waals surface area contributed by atoms with Crippen molar-refractivity contribution in [2.75, 3.05) is 25.9 Å². The maximum Gasteiger partial charge on any atom is 0.0303 e. The van der Waals surface area contributed by atoms with Crippen LogP contribution < -0.4 is 5.73 Å². The molecule has 1 fully saturated rings. The van der Waals surface area contributed by atoms with Gasteiger partial charge < -0.3 is 5.73 Å². The SMILES string of the molecule is CCCCCCC(C)(CN)N1CCC(SC)CC1. The molecule has 0 bridgehead atoms. The monoisotopic (exact) mass is 272 g/mol. The smallest absolute Gasteiger partial charge is 0.0303 e. The molecule has 0 spiro atoms. The molecule has 2 N–H and O–H groups in total. The summed E-state index contributed by atoms with van der Waals surface area (Å²) in [5, 5.41) is 0.878. The van der Waals surface area contributed by atoms with Crippen molar-refractivity contribution in [3.63, 3.8) is 0 Å². The first-order valence-corrected chi connectivity index (χ1v) is 8.93. The van der Waals surface area contributed by atoms with Crippen LogP contribution in [0.3, 0.4) is 0 Å². The summed E-state index contributed by atoms with van der Waals surface area (Å²) in [6, 6.07) is 0. The summed E-state index contributed by atoms with van der Waals surface area (Å²) in [6.45, 7) is 7.94. The van der Waals surface area contributed by atoms with Crippen LogP contribution in [0, 0.1) is 0 Å². The van der Waals surface area contributed by atoms with E-state index >= 15 is 0 Å². The Labute approximate surface area is 118 Å². The van der Waals surface area contributed by atoms with Gasteiger partial charge in [0.05, 0.1) is 0 Å². The Morgan fingerprint density at radius 2 is 1.89 bits per heavy atom. The van der Waals surface area contributed by atoms with Gasteiger partial charge >= 0.3 is 0 Å². The maximum atomic E-state index is 6.07. The number of piperidine rings is 1. The van der Waals surface area contributed by atoms with E-state index in [-0.39, 0.29) is 5.54 Å². The van der Waals surface area contributed by atoms with Gasteiger partial charge in [0.25, 0.3) is 0 Å². The molecule has 0 aromatic carbocycles. The highest BCUT2D eigenvalue weighted by Crippen LogP contribution is 2.29. The molecule has 1 unspecified atom stereocenters. The Balaban J connectivity index is 2.38. The average molecular weight is 273 g/mol. The summed E-state index contributed by atoms with van der Waals surface area (Å²) in [4.78, 5) is 2.66. The molecule has 1 rings (SSSR count). The molecule has 1 atom stereocenters. The van der Waals surface area contributed by atoms with Crippen molar-refractivity contribution in [1.82, 2.24) is 4.90 Å². The average Bonchev–Trinajstić information content (AvgIpc) is 2.43. The third-order valence-electron chi connectivity index (χ3n) is 4.55. The van der Waals surface area contributed by atoms with Gasteiger partial charge in [-0.3, -0.25) is 4.90 Å². The van der Waals surface area contributed by atoms with Crippen molar-refractivity contribution < 1.29 is 0 Å². The van der Waals surface area contributed by atoms with E-state index in [0.717, 1.165) is 11.8 Å². The van der Waals surface area contributed by atoms with E-state index < -0.39 is 0 Å². The summed E-state index contributed by atoms with van der Waals surface area (Å²) in [5.41, 5.74) is 6.32. The van der Waals surface area contributed by atoms with Gasteiger partial charge in [-0.05, 0) is 45.5 Å². The lowest BCUT2D eigenvalue weighted by atomic mass is 9.90. The predicted molar refractivity (Wildman–Crippen MR) is 84.3 cm³/mol. The fourth-order valence-electron chi connectivity index (χ4n) is 2.95. The molecule has 18 heavy (non-hydrogen) atoms. The number of hydrogen-bond acceptors (Lipinski definition) is 3. The summed E-state index contributed by atoms with van der Waals surface area (Å²) in [7, 11) is 0. The van der Waals surface area contributed by atoms with Gasteiger partial charge in [-0.15, -0.1) is 0 Å². The summed E-state index contributed by atoms with van der Waals surface area (Å²) < 4.78 is 0. The number of nitrogens with two attached hydrogens (primary N) is 1. The van der Waals surface area contributed by atoms with Crippen LogP contribution in [0.1, 0.15) is 58.8 Å². The van der Waals surface area contributed by atoms with Gasteiger partial charge in [0.2, 0.25) is 0 Å². The van der Waals surface area contributed by atoms with Crippen molar-refractivity contribution >= 4 is 11.8 Å². The number of thioether (sulfide) groups is 1. The number of unbranched alkanes of at least 4 members (excludes halogenated alkanes) is 3. The first-order valence-electron chi connectivity index (χ1n) is 7.64. The van der Waals surface area contributed by atoms with E-state index in [1.807, 2.05) is 11.8 Å². The highest BCUT2D eigenvalue weighted by Gasteiger charge is 2.32. The summed E-state index contributed by atoms with van der Waals surface area (Å²) >= 11 is 2.03. The van der Waals surface area contributed by atoms with E-state index in [0.29, 0.717) is 0 Å². The van der Waals surface area contributed by atoms with Gasteiger partial charge in [0.1, 0.15) is 0 Å². The van der Waals surface area contributed by atoms with Crippen LogP contribution in [0.2, 0.25) is 0 Å². The van der Waals surface area contributed by atoms with Gasteiger partial charge in [-0.1, -0.05) is 32.6 Å². The van der Waals surface area contributed by atoms with Gasteiger partial charge in [-0.25, -0.2) is 0 Å². The Bertz CT molecular complexity index is 215. The van der Waals surface area contributed by atoms with Crippen LogP contribution >= 0.6 is 11.8 Å². The van der Waals surface area contributed by atoms with E-state index in [4.69, 9.17) is 5.73 Å². The molecule has 1 saturated heterocycles. The standard InChI is InChI=1S/C15H32N2S/c1-4-5-6-7-10-15(2,13-16)17-11-8-14(18-3)9-12-17/h14H,4-13,16H2,1-3H3. The molecule has 3 heteroatoms. The zero-order chi connectivity index (χ0) is 13.4. The normalized spacial score (nSPS) is 22.0. The molecular weight excluding hydrogens is 240 g/mol. The molecule has 108 valence electrons. The second kappa shape index (κ2) is 8.44. The van der Waals surface area contributed by atoms with Crippen molar-refractivity contribution in [2.24, 2.45) is 5.73 Å². The van der Waals surface area contributed by atoms with Crippen LogP contribution in [0.5, 0.6) is 0 Å². The first kappa shape index (κ1) is 16.3. The summed E-state index contributed by atoms with van der Waals surface area (Å²) in [5.74, 6) is 0. The van der Waals surface area contributed by atoms with Crippen LogP contribution in [-0.4, -0.2) is 41.6 Å². The zero-order valence-electron chi connectivity index (χ0n) is 12.6. The fraction of sp³-hybridized carbons (Fsp3) is 1.00. The van der Waals surface area contributed by atoms with Crippen molar-refractivity contribution in [2.45, 2.75) is 69.6 Å². The Morgan fingerprint density at radius 1 is 1.22 bits per heavy atom. The van der Waals surface area contributed by atoms with Crippen LogP contribution in [0.15, 0.2) is 0 Å². The zero-order valence-corrected chi connectivity index (χ0v) is 13.4. The van der Waals surface area contributed by atoms with E-state index in [1.165, 1.54) is 58.0 Å². The largest absolute Gasteiger partial charge is 0.329 e. The predicted octanol–water partition coefficient (Wildman–Crippen LogP) is 3.50. The topological polar surface area (TPSA) is 29.3 Å². The molecular formula is C15H32N2S. The molecule has 0 aromatic heterocycles. The third kappa shape index (κ3) is 4.75. The van der Waals surface area contributed by atoms with Crippen LogP contribution in [0.4, 0.5) is 0 Å². The third-order valence-corrected chi connectivity index (χ3v) is 5.69. The second-order valence-electron chi connectivity index (χ2n) is 5.93. The number of hydrogen-bond donors (Lipinski definition) is 1. The Hall–Kier alpha value is 0.270. The first-order chi connectivity index (χ1) is 8.66. The quantitative estimate of drug-likeness (QED) is 0.686. The molecule has 0 radical (unpaired) electrons. The Morgan fingerprint density at radius 3 is 2.39 bits per heavy atom. The highest BCUT2D eigenvalue weighted by atomic mass is 32.2. The molecule has 1 aliphatic rings. The molecule has 2 nitrogen and oxygen atoms in total. The number of nitrogens with zero attached hydrogens (tertiary/aromatic N) is 1. The second-order valence-corrected chi connectivity index (χ2v) is 7.07. The molecule has 0 saturated carbocycles. The number of likely N-dealkylation sites (tertiary alicyclic amines) is 1. The van der Waals surface area contributed by atoms with Gasteiger partial charge in [-0.2, -0.15) is 11.8 Å².